The van der Waals surface area contributed by atoms with E-state index in [1.807, 2.05) is 52.1 Å². The lowest BCUT2D eigenvalue weighted by molar-refractivity contribution is 0.0860. The molecule has 5 heteroatoms. The van der Waals surface area contributed by atoms with Crippen molar-refractivity contribution in [3.8, 4) is 11.3 Å². The van der Waals surface area contributed by atoms with E-state index in [-0.39, 0.29) is 7.21 Å². The summed E-state index contributed by atoms with van der Waals surface area (Å²) in [6.45, 7) is 10.6. The fourth-order valence-corrected chi connectivity index (χ4v) is 2.88. The molecule has 146 valence electrons. The Labute approximate surface area is 167 Å². The number of hydrogen-bond acceptors (Lipinski definition) is 4. The molecule has 0 spiro atoms. The zero-order chi connectivity index (χ0) is 20.3. The molecule has 0 aliphatic carbocycles. The SMILES string of the molecule is CCN=C/C=C(\C)c1ccc(-c2cnc3[nH]cc(C(=O)C(C)(C)C)c3n2)cc1.[HH]. The van der Waals surface area contributed by atoms with Crippen LogP contribution in [0, 0.1) is 5.41 Å². The Morgan fingerprint density at radius 1 is 1.25 bits per heavy atom. The van der Waals surface area contributed by atoms with Gasteiger partial charge in [-0.05, 0) is 31.1 Å². The van der Waals surface area contributed by atoms with Crippen LogP contribution in [-0.4, -0.2) is 33.5 Å². The second kappa shape index (κ2) is 7.89. The number of nitrogens with zero attached hydrogens (tertiary/aromatic N) is 3. The molecule has 0 fully saturated rings. The maximum Gasteiger partial charge on any atom is 0.171 e. The lowest BCUT2D eigenvalue weighted by Gasteiger charge is -2.15. The molecule has 0 saturated heterocycles. The summed E-state index contributed by atoms with van der Waals surface area (Å²) in [5, 5.41) is 0. The smallest absolute Gasteiger partial charge is 0.171 e. The molecule has 0 atom stereocenters. The second-order valence-corrected chi connectivity index (χ2v) is 7.81. The molecule has 1 N–H and O–H groups in total. The van der Waals surface area contributed by atoms with Gasteiger partial charge in [-0.3, -0.25) is 9.79 Å². The highest BCUT2D eigenvalue weighted by molar-refractivity contribution is 6.08. The first-order valence-corrected chi connectivity index (χ1v) is 9.47. The molecule has 0 unspecified atom stereocenters. The van der Waals surface area contributed by atoms with Gasteiger partial charge in [0, 0.05) is 31.4 Å². The van der Waals surface area contributed by atoms with Crippen LogP contribution < -0.4 is 0 Å². The van der Waals surface area contributed by atoms with Gasteiger partial charge < -0.3 is 4.98 Å². The van der Waals surface area contributed by atoms with Crippen LogP contribution in [0.4, 0.5) is 0 Å². The highest BCUT2D eigenvalue weighted by Gasteiger charge is 2.26. The molecule has 0 bridgehead atoms. The minimum Gasteiger partial charge on any atom is -0.344 e. The predicted octanol–water partition coefficient (Wildman–Crippen LogP) is 5.59. The summed E-state index contributed by atoms with van der Waals surface area (Å²) in [5.74, 6) is 0.0510. The lowest BCUT2D eigenvalue weighted by Crippen LogP contribution is -2.20. The number of Topliss-reactive ketones (excluding diaryl/α,β-unsaturated/α-hetero) is 1. The van der Waals surface area contributed by atoms with Crippen LogP contribution in [0.2, 0.25) is 0 Å². The van der Waals surface area contributed by atoms with Crippen molar-refractivity contribution >= 4 is 28.7 Å². The van der Waals surface area contributed by atoms with Gasteiger partial charge in [0.25, 0.3) is 0 Å². The molecule has 3 aromatic rings. The van der Waals surface area contributed by atoms with Crippen LogP contribution in [0.1, 0.15) is 52.0 Å². The van der Waals surface area contributed by atoms with Crippen LogP contribution in [0.5, 0.6) is 0 Å². The number of hydrogen-bond donors (Lipinski definition) is 1. The molecule has 1 aromatic carbocycles. The summed E-state index contributed by atoms with van der Waals surface area (Å²) in [6, 6.07) is 8.17. The van der Waals surface area contributed by atoms with E-state index < -0.39 is 5.41 Å². The molecule has 0 amide bonds. The largest absolute Gasteiger partial charge is 0.344 e. The number of fused-ring (bicyclic) bond motifs is 1. The van der Waals surface area contributed by atoms with Gasteiger partial charge in [0.1, 0.15) is 5.52 Å². The van der Waals surface area contributed by atoms with Gasteiger partial charge in [-0.25, -0.2) is 9.97 Å². The molecule has 2 aromatic heterocycles. The van der Waals surface area contributed by atoms with E-state index in [4.69, 9.17) is 4.98 Å². The van der Waals surface area contributed by atoms with E-state index in [2.05, 4.69) is 34.0 Å². The van der Waals surface area contributed by atoms with Crippen molar-refractivity contribution in [1.29, 1.82) is 0 Å². The molecule has 3 rings (SSSR count). The van der Waals surface area contributed by atoms with Crippen molar-refractivity contribution < 1.29 is 6.22 Å². The third kappa shape index (κ3) is 4.09. The average Bonchev–Trinajstić information content (AvgIpc) is 3.10. The van der Waals surface area contributed by atoms with E-state index in [9.17, 15) is 4.79 Å². The minimum atomic E-state index is -0.473. The van der Waals surface area contributed by atoms with Gasteiger partial charge in [-0.1, -0.05) is 45.0 Å². The van der Waals surface area contributed by atoms with Crippen LogP contribution in [0.15, 0.2) is 47.7 Å². The number of rotatable bonds is 5. The lowest BCUT2D eigenvalue weighted by atomic mass is 9.87. The number of benzene rings is 1. The van der Waals surface area contributed by atoms with Crippen molar-refractivity contribution in [3.63, 3.8) is 0 Å². The first-order valence-electron chi connectivity index (χ1n) is 9.47. The molecule has 0 saturated carbocycles. The van der Waals surface area contributed by atoms with E-state index in [0.29, 0.717) is 16.7 Å². The number of carbonyl (C=O) groups excluding carboxylic acids is 1. The molecular weight excluding hydrogens is 348 g/mol. The van der Waals surface area contributed by atoms with E-state index in [1.54, 1.807) is 12.4 Å². The van der Waals surface area contributed by atoms with Crippen molar-refractivity contribution in [2.45, 2.75) is 34.6 Å². The molecule has 5 nitrogen and oxygen atoms in total. The highest BCUT2D eigenvalue weighted by atomic mass is 16.1. The quantitative estimate of drug-likeness (QED) is 0.466. The van der Waals surface area contributed by atoms with Gasteiger partial charge >= 0.3 is 0 Å². The van der Waals surface area contributed by atoms with Crippen LogP contribution in [0.3, 0.4) is 0 Å². The first kappa shape index (κ1) is 19.7. The Bertz CT molecular complexity index is 1060. The maximum atomic E-state index is 12.7. The van der Waals surface area contributed by atoms with Crippen molar-refractivity contribution in [2.24, 2.45) is 10.4 Å². The fourth-order valence-electron chi connectivity index (χ4n) is 2.88. The summed E-state index contributed by atoms with van der Waals surface area (Å²) < 4.78 is 0. The van der Waals surface area contributed by atoms with Crippen LogP contribution in [-0.2, 0) is 0 Å². The van der Waals surface area contributed by atoms with E-state index in [1.165, 1.54) is 0 Å². The monoisotopic (exact) mass is 376 g/mol. The second-order valence-electron chi connectivity index (χ2n) is 7.81. The van der Waals surface area contributed by atoms with Gasteiger partial charge in [0.2, 0.25) is 0 Å². The number of carbonyl (C=O) groups is 1. The summed E-state index contributed by atoms with van der Waals surface area (Å²) in [7, 11) is 0. The van der Waals surface area contributed by atoms with Crippen molar-refractivity contribution in [3.05, 3.63) is 53.9 Å². The molecular formula is C23H28N4O. The summed E-state index contributed by atoms with van der Waals surface area (Å²) in [4.78, 5) is 29.2. The number of nitrogens with one attached hydrogen (secondary N) is 1. The van der Waals surface area contributed by atoms with Gasteiger partial charge in [0.15, 0.2) is 11.4 Å². The minimum absolute atomic E-state index is 0. The van der Waals surface area contributed by atoms with E-state index >= 15 is 0 Å². The van der Waals surface area contributed by atoms with Crippen molar-refractivity contribution in [1.82, 2.24) is 15.0 Å². The number of H-pyrrole nitrogens is 1. The van der Waals surface area contributed by atoms with Gasteiger partial charge in [0.05, 0.1) is 17.5 Å². The Balaban J connectivity index is 0.00000300. The van der Waals surface area contributed by atoms with Crippen molar-refractivity contribution in [2.75, 3.05) is 6.54 Å². The molecule has 28 heavy (non-hydrogen) atoms. The average molecular weight is 377 g/mol. The molecule has 0 radical (unpaired) electrons. The maximum absolute atomic E-state index is 12.7. The highest BCUT2D eigenvalue weighted by Crippen LogP contribution is 2.27. The third-order valence-electron chi connectivity index (χ3n) is 4.56. The first-order chi connectivity index (χ1) is 13.3. The number of aliphatic imine (C=N–C) groups is 1. The third-order valence-corrected chi connectivity index (χ3v) is 4.56. The standard InChI is InChI=1S/C23H26N4O.H2/c1-6-24-12-11-15(2)16-7-9-17(10-8-16)19-14-26-22-20(27-19)18(13-25-22)21(28)23(3,4)5;/h7-14H,6H2,1-5H3,(H,25,26);1H/b15-11+,24-12?;. The zero-order valence-electron chi connectivity index (χ0n) is 17.1. The number of allylic oxidation sites excluding steroid dienone is 2. The number of aromatic amines is 1. The summed E-state index contributed by atoms with van der Waals surface area (Å²) in [6.07, 6.45) is 7.28. The number of aromatic nitrogens is 3. The normalized spacial score (nSPS) is 12.8. The van der Waals surface area contributed by atoms with Crippen LogP contribution >= 0.6 is 0 Å². The Morgan fingerprint density at radius 2 is 1.96 bits per heavy atom. The molecule has 0 aliphatic heterocycles. The van der Waals surface area contributed by atoms with Gasteiger partial charge in [-0.2, -0.15) is 0 Å². The fraction of sp³-hybridized carbons (Fsp3) is 0.304. The topological polar surface area (TPSA) is 71.0 Å². The predicted molar refractivity (Wildman–Crippen MR) is 118 cm³/mol. The van der Waals surface area contributed by atoms with Crippen LogP contribution in [0.25, 0.3) is 28.0 Å². The van der Waals surface area contributed by atoms with Gasteiger partial charge in [-0.15, -0.1) is 0 Å². The summed E-state index contributed by atoms with van der Waals surface area (Å²) in [5.41, 5.74) is 5.34. The summed E-state index contributed by atoms with van der Waals surface area (Å²) >= 11 is 0. The zero-order valence-corrected chi connectivity index (χ0v) is 17.1. The Kier molecular flexibility index (Phi) is 5.54. The Morgan fingerprint density at radius 3 is 2.61 bits per heavy atom. The molecule has 0 aliphatic rings. The van der Waals surface area contributed by atoms with E-state index in [0.717, 1.165) is 28.9 Å². The molecule has 2 heterocycles. The Hall–Kier alpha value is -3.08. The number of ketones is 1.